The lowest BCUT2D eigenvalue weighted by Gasteiger charge is -2.23. The van der Waals surface area contributed by atoms with Crippen LogP contribution in [0.3, 0.4) is 0 Å². The fraction of sp³-hybridized carbons (Fsp3) is 0.0909. The molecule has 0 aliphatic heterocycles. The molecule has 3 heterocycles. The predicted octanol–water partition coefficient (Wildman–Crippen LogP) is 11.7. The van der Waals surface area contributed by atoms with E-state index in [1.807, 2.05) is 35.6 Å². The molecule has 3 aromatic heterocycles. The Labute approximate surface area is 283 Å². The summed E-state index contributed by atoms with van der Waals surface area (Å²) in [5.41, 5.74) is 14.7. The molecular formula is C44H31N3S. The van der Waals surface area contributed by atoms with Crippen molar-refractivity contribution in [1.82, 2.24) is 14.5 Å². The van der Waals surface area contributed by atoms with E-state index in [-0.39, 0.29) is 0 Å². The molecule has 0 radical (unpaired) electrons. The molecule has 0 unspecified atom stereocenters. The van der Waals surface area contributed by atoms with Crippen molar-refractivity contribution in [3.63, 3.8) is 0 Å². The molecule has 3 nitrogen and oxygen atoms in total. The molecule has 4 heteroatoms. The lowest BCUT2D eigenvalue weighted by molar-refractivity contribution is 0.909. The first kappa shape index (κ1) is 27.5. The van der Waals surface area contributed by atoms with Gasteiger partial charge in [-0.25, -0.2) is 9.97 Å². The highest BCUT2D eigenvalue weighted by Gasteiger charge is 2.26. The first-order valence-electron chi connectivity index (χ1n) is 16.8. The topological polar surface area (TPSA) is 30.7 Å². The van der Waals surface area contributed by atoms with Gasteiger partial charge in [0.25, 0.3) is 0 Å². The largest absolute Gasteiger partial charge is 0.309 e. The maximum Gasteiger partial charge on any atom is 0.160 e. The van der Waals surface area contributed by atoms with E-state index in [2.05, 4.69) is 119 Å². The number of allylic oxidation sites excluding steroid dienone is 2. The summed E-state index contributed by atoms with van der Waals surface area (Å²) in [4.78, 5) is 10.1. The molecule has 0 atom stereocenters. The number of aromatic nitrogens is 3. The van der Waals surface area contributed by atoms with E-state index in [4.69, 9.17) is 9.97 Å². The summed E-state index contributed by atoms with van der Waals surface area (Å²) < 4.78 is 3.90. The Hall–Kier alpha value is -5.58. The zero-order valence-electron chi connectivity index (χ0n) is 26.4. The fourth-order valence-corrected chi connectivity index (χ4v) is 8.79. The van der Waals surface area contributed by atoms with Gasteiger partial charge in [0.2, 0.25) is 0 Å². The smallest absolute Gasteiger partial charge is 0.160 e. The standard InChI is InChI=1S/C44H31N3S/c1-3-11-28(12-4-1)37-27-38(46-44(45-37)31-13-5-2-6-14-31)29-19-22-32(23-20-29)47-39-24-21-30-25-26-48-43(30)41(39)40-35-17-9-7-15-33(35)34-16-8-10-18-36(34)42(40)47/h1-6,9-14,17-27H,7-8,15-16H2. The summed E-state index contributed by atoms with van der Waals surface area (Å²) in [6.45, 7) is 0. The Bertz CT molecular complexity index is 2530. The lowest BCUT2D eigenvalue weighted by atomic mass is 9.82. The number of hydrogen-bond acceptors (Lipinski definition) is 3. The minimum absolute atomic E-state index is 0.731. The van der Waals surface area contributed by atoms with Gasteiger partial charge < -0.3 is 4.57 Å². The second-order valence-corrected chi connectivity index (χ2v) is 13.7. The van der Waals surface area contributed by atoms with Crippen LogP contribution in [0.15, 0.2) is 127 Å². The first-order valence-corrected chi connectivity index (χ1v) is 17.7. The Morgan fingerprint density at radius 2 is 1.23 bits per heavy atom. The SMILES string of the molecule is C1=Cc2c(c3c(c4c2c2c5sccc5ccc2n4-c2ccc(-c4cc(-c5ccccc5)nc(-c5ccccc5)n4)cc2)C=CCC3)CC1. The molecule has 2 aliphatic rings. The molecule has 0 amide bonds. The number of nitrogens with zero attached hydrogens (tertiary/aromatic N) is 3. The molecule has 48 heavy (non-hydrogen) atoms. The fourth-order valence-electron chi connectivity index (χ4n) is 7.85. The van der Waals surface area contributed by atoms with Crippen LogP contribution in [0, 0.1) is 0 Å². The Balaban J connectivity index is 1.20. The van der Waals surface area contributed by atoms with Gasteiger partial charge in [-0.15, -0.1) is 11.3 Å². The van der Waals surface area contributed by atoms with Crippen molar-refractivity contribution in [1.29, 1.82) is 0 Å². The molecule has 228 valence electrons. The van der Waals surface area contributed by atoms with E-state index in [1.54, 1.807) is 5.56 Å². The van der Waals surface area contributed by atoms with E-state index in [0.29, 0.717) is 0 Å². The van der Waals surface area contributed by atoms with Crippen LogP contribution < -0.4 is 0 Å². The minimum Gasteiger partial charge on any atom is -0.309 e. The van der Waals surface area contributed by atoms with Crippen molar-refractivity contribution in [2.45, 2.75) is 25.7 Å². The average molecular weight is 634 g/mol. The summed E-state index contributed by atoms with van der Waals surface area (Å²) in [6.07, 6.45) is 14.0. The number of benzene rings is 5. The number of hydrogen-bond donors (Lipinski definition) is 0. The van der Waals surface area contributed by atoms with Crippen LogP contribution in [0.25, 0.3) is 83.6 Å². The van der Waals surface area contributed by atoms with E-state index < -0.39 is 0 Å². The van der Waals surface area contributed by atoms with Crippen LogP contribution in [-0.4, -0.2) is 14.5 Å². The highest BCUT2D eigenvalue weighted by Crippen LogP contribution is 2.47. The van der Waals surface area contributed by atoms with Crippen molar-refractivity contribution in [3.8, 4) is 39.6 Å². The van der Waals surface area contributed by atoms with Crippen LogP contribution in [0.4, 0.5) is 0 Å². The molecule has 0 bridgehead atoms. The van der Waals surface area contributed by atoms with Gasteiger partial charge in [-0.1, -0.05) is 103 Å². The van der Waals surface area contributed by atoms with Crippen LogP contribution in [-0.2, 0) is 12.8 Å². The number of thiophene rings is 1. The van der Waals surface area contributed by atoms with Crippen molar-refractivity contribution in [3.05, 3.63) is 149 Å². The summed E-state index contributed by atoms with van der Waals surface area (Å²) >= 11 is 1.86. The van der Waals surface area contributed by atoms with E-state index in [9.17, 15) is 0 Å². The third kappa shape index (κ3) is 4.26. The van der Waals surface area contributed by atoms with Crippen molar-refractivity contribution in [2.24, 2.45) is 0 Å². The first-order chi connectivity index (χ1) is 23.8. The zero-order valence-corrected chi connectivity index (χ0v) is 27.2. The Kier molecular flexibility index (Phi) is 6.31. The molecule has 0 N–H and O–H groups in total. The Morgan fingerprint density at radius 1 is 0.583 bits per heavy atom. The molecule has 10 rings (SSSR count). The van der Waals surface area contributed by atoms with Crippen LogP contribution in [0.5, 0.6) is 0 Å². The zero-order chi connectivity index (χ0) is 31.6. The van der Waals surface area contributed by atoms with Gasteiger partial charge in [0.1, 0.15) is 0 Å². The third-order valence-electron chi connectivity index (χ3n) is 10.0. The normalized spacial score (nSPS) is 13.8. The van der Waals surface area contributed by atoms with Gasteiger partial charge in [0.05, 0.1) is 22.4 Å². The molecule has 5 aromatic carbocycles. The maximum absolute atomic E-state index is 5.09. The van der Waals surface area contributed by atoms with Crippen molar-refractivity contribution >= 4 is 55.4 Å². The number of fused-ring (bicyclic) bond motifs is 10. The number of rotatable bonds is 4. The van der Waals surface area contributed by atoms with Crippen molar-refractivity contribution < 1.29 is 0 Å². The van der Waals surface area contributed by atoms with Crippen LogP contribution in [0.2, 0.25) is 0 Å². The molecule has 0 spiro atoms. The highest BCUT2D eigenvalue weighted by atomic mass is 32.1. The maximum atomic E-state index is 5.09. The molecule has 0 saturated carbocycles. The molecule has 8 aromatic rings. The third-order valence-corrected chi connectivity index (χ3v) is 11.0. The summed E-state index contributed by atoms with van der Waals surface area (Å²) in [5, 5.41) is 6.32. The van der Waals surface area contributed by atoms with Gasteiger partial charge in [-0.05, 0) is 83.5 Å². The van der Waals surface area contributed by atoms with Gasteiger partial charge in [0, 0.05) is 43.4 Å². The summed E-state index contributed by atoms with van der Waals surface area (Å²) in [6, 6.07) is 38.6. The highest BCUT2D eigenvalue weighted by molar-refractivity contribution is 7.18. The van der Waals surface area contributed by atoms with Gasteiger partial charge in [-0.2, -0.15) is 0 Å². The molecule has 0 saturated heterocycles. The van der Waals surface area contributed by atoms with E-state index in [0.717, 1.165) is 65.3 Å². The van der Waals surface area contributed by atoms with E-state index >= 15 is 0 Å². The Morgan fingerprint density at radius 3 is 1.96 bits per heavy atom. The van der Waals surface area contributed by atoms with Gasteiger partial charge >= 0.3 is 0 Å². The summed E-state index contributed by atoms with van der Waals surface area (Å²) in [7, 11) is 0. The minimum atomic E-state index is 0.731. The average Bonchev–Trinajstić information content (AvgIpc) is 3.79. The van der Waals surface area contributed by atoms with Crippen molar-refractivity contribution in [2.75, 3.05) is 0 Å². The quantitative estimate of drug-likeness (QED) is 0.193. The second-order valence-electron chi connectivity index (χ2n) is 12.8. The molecular weight excluding hydrogens is 603 g/mol. The second kappa shape index (κ2) is 11.0. The van der Waals surface area contributed by atoms with Gasteiger partial charge in [-0.3, -0.25) is 0 Å². The van der Waals surface area contributed by atoms with Crippen LogP contribution in [0.1, 0.15) is 35.1 Å². The summed E-state index contributed by atoms with van der Waals surface area (Å²) in [5.74, 6) is 0.731. The predicted molar refractivity (Wildman–Crippen MR) is 203 cm³/mol. The van der Waals surface area contributed by atoms with E-state index in [1.165, 1.54) is 48.6 Å². The monoisotopic (exact) mass is 633 g/mol. The van der Waals surface area contributed by atoms with Gasteiger partial charge in [0.15, 0.2) is 5.82 Å². The molecule has 0 fully saturated rings. The molecule has 2 aliphatic carbocycles. The lowest BCUT2D eigenvalue weighted by Crippen LogP contribution is -2.08. The van der Waals surface area contributed by atoms with Crippen LogP contribution >= 0.6 is 11.3 Å².